The van der Waals surface area contributed by atoms with E-state index in [2.05, 4.69) is 0 Å². The molecule has 0 heterocycles. The molecule has 0 spiro atoms. The van der Waals surface area contributed by atoms with Crippen molar-refractivity contribution in [2.45, 2.75) is 29.3 Å². The summed E-state index contributed by atoms with van der Waals surface area (Å²) in [5, 5.41) is 9.01. The molecule has 0 unspecified atom stereocenters. The second-order valence-electron chi connectivity index (χ2n) is 4.57. The van der Waals surface area contributed by atoms with Gasteiger partial charge in [-0.3, -0.25) is 0 Å². The molecular formula is C12H14F3NO3S. The fourth-order valence-electron chi connectivity index (χ4n) is 2.04. The van der Waals surface area contributed by atoms with Crippen molar-refractivity contribution in [3.8, 4) is 0 Å². The van der Waals surface area contributed by atoms with Gasteiger partial charge in [0.15, 0.2) is 0 Å². The van der Waals surface area contributed by atoms with Gasteiger partial charge in [-0.1, -0.05) is 12.1 Å². The van der Waals surface area contributed by atoms with E-state index in [1.165, 1.54) is 23.1 Å². The van der Waals surface area contributed by atoms with Crippen molar-refractivity contribution in [1.29, 1.82) is 0 Å². The molecular weight excluding hydrogens is 295 g/mol. The number of hydrogen-bond acceptors (Lipinski definition) is 4. The quantitative estimate of drug-likeness (QED) is 0.903. The normalized spacial score (nSPS) is 16.2. The molecule has 8 heteroatoms. The van der Waals surface area contributed by atoms with Gasteiger partial charge in [0, 0.05) is 12.6 Å². The van der Waals surface area contributed by atoms with Crippen molar-refractivity contribution >= 4 is 15.5 Å². The summed E-state index contributed by atoms with van der Waals surface area (Å²) >= 11 is 0. The van der Waals surface area contributed by atoms with Crippen LogP contribution in [0.15, 0.2) is 29.2 Å². The summed E-state index contributed by atoms with van der Waals surface area (Å²) in [7, 11) is -5.40. The molecule has 20 heavy (non-hydrogen) atoms. The third kappa shape index (κ3) is 2.76. The number of aliphatic hydroxyl groups is 1. The predicted molar refractivity (Wildman–Crippen MR) is 67.1 cm³/mol. The molecule has 1 saturated carbocycles. The molecule has 0 aliphatic heterocycles. The number of halogens is 3. The average molecular weight is 309 g/mol. The number of anilines is 1. The van der Waals surface area contributed by atoms with Gasteiger partial charge < -0.3 is 10.0 Å². The second kappa shape index (κ2) is 5.25. The molecule has 0 amide bonds. The predicted octanol–water partition coefficient (Wildman–Crippen LogP) is 1.94. The number of benzene rings is 1. The van der Waals surface area contributed by atoms with Gasteiger partial charge in [0.2, 0.25) is 0 Å². The lowest BCUT2D eigenvalue weighted by Crippen LogP contribution is -2.32. The summed E-state index contributed by atoms with van der Waals surface area (Å²) in [5.41, 5.74) is -5.33. The Hall–Kier alpha value is -1.28. The number of sulfone groups is 1. The third-order valence-corrected chi connectivity index (χ3v) is 4.63. The Balaban J connectivity index is 2.50. The van der Waals surface area contributed by atoms with Crippen LogP contribution in [0.25, 0.3) is 0 Å². The second-order valence-corrected chi connectivity index (χ2v) is 6.47. The van der Waals surface area contributed by atoms with Crippen LogP contribution in [-0.4, -0.2) is 38.2 Å². The van der Waals surface area contributed by atoms with E-state index in [4.69, 9.17) is 5.11 Å². The Labute approximate surface area is 114 Å². The minimum Gasteiger partial charge on any atom is -0.395 e. The molecule has 1 N–H and O–H groups in total. The van der Waals surface area contributed by atoms with Crippen molar-refractivity contribution in [2.24, 2.45) is 0 Å². The molecule has 0 aromatic heterocycles. The van der Waals surface area contributed by atoms with Crippen molar-refractivity contribution in [1.82, 2.24) is 0 Å². The first kappa shape index (κ1) is 15.1. The minimum atomic E-state index is -5.40. The summed E-state index contributed by atoms with van der Waals surface area (Å²) in [4.78, 5) is 0.770. The third-order valence-electron chi connectivity index (χ3n) is 3.10. The van der Waals surface area contributed by atoms with E-state index in [9.17, 15) is 21.6 Å². The van der Waals surface area contributed by atoms with E-state index >= 15 is 0 Å². The van der Waals surface area contributed by atoms with Gasteiger partial charge in [0.25, 0.3) is 9.84 Å². The Bertz CT molecular complexity index is 582. The van der Waals surface area contributed by atoms with Crippen LogP contribution in [0, 0.1) is 0 Å². The topological polar surface area (TPSA) is 57.6 Å². The van der Waals surface area contributed by atoms with Crippen LogP contribution in [0.5, 0.6) is 0 Å². The standard InChI is InChI=1S/C12H14F3NO3S/c13-12(14,15)20(18,19)11-4-2-1-3-10(11)16(7-8-17)9-5-6-9/h1-4,9,17H,5-8H2. The number of aliphatic hydroxyl groups excluding tert-OH is 1. The van der Waals surface area contributed by atoms with Gasteiger partial charge in [-0.05, 0) is 25.0 Å². The largest absolute Gasteiger partial charge is 0.501 e. The zero-order chi connectivity index (χ0) is 15.0. The van der Waals surface area contributed by atoms with Gasteiger partial charge >= 0.3 is 5.51 Å². The summed E-state index contributed by atoms with van der Waals surface area (Å²) < 4.78 is 61.4. The zero-order valence-electron chi connectivity index (χ0n) is 10.5. The molecule has 0 bridgehead atoms. The van der Waals surface area contributed by atoms with E-state index in [0.29, 0.717) is 0 Å². The number of alkyl halides is 3. The Kier molecular flexibility index (Phi) is 3.97. The van der Waals surface area contributed by atoms with Crippen molar-refractivity contribution in [3.05, 3.63) is 24.3 Å². The molecule has 1 aromatic rings. The number of nitrogens with zero attached hydrogens (tertiary/aromatic N) is 1. The lowest BCUT2D eigenvalue weighted by atomic mass is 10.2. The maximum absolute atomic E-state index is 12.7. The number of rotatable bonds is 5. The lowest BCUT2D eigenvalue weighted by molar-refractivity contribution is -0.0435. The van der Waals surface area contributed by atoms with Gasteiger partial charge in [-0.15, -0.1) is 0 Å². The van der Waals surface area contributed by atoms with Crippen LogP contribution in [-0.2, 0) is 9.84 Å². The molecule has 4 nitrogen and oxygen atoms in total. The molecule has 112 valence electrons. The zero-order valence-corrected chi connectivity index (χ0v) is 11.3. The van der Waals surface area contributed by atoms with Crippen molar-refractivity contribution < 1.29 is 26.7 Å². The fourth-order valence-corrected chi connectivity index (χ4v) is 3.01. The molecule has 1 fully saturated rings. The number of hydrogen-bond donors (Lipinski definition) is 1. The highest BCUT2D eigenvalue weighted by Gasteiger charge is 2.48. The first-order chi connectivity index (χ1) is 9.29. The first-order valence-electron chi connectivity index (χ1n) is 6.07. The first-order valence-corrected chi connectivity index (χ1v) is 7.55. The van der Waals surface area contributed by atoms with Crippen LogP contribution in [0.1, 0.15) is 12.8 Å². The molecule has 0 radical (unpaired) electrons. The van der Waals surface area contributed by atoms with Gasteiger partial charge in [-0.2, -0.15) is 13.2 Å². The molecule has 1 aromatic carbocycles. The molecule has 0 saturated heterocycles. The van der Waals surface area contributed by atoms with Crippen molar-refractivity contribution in [2.75, 3.05) is 18.1 Å². The summed E-state index contributed by atoms with van der Waals surface area (Å²) in [5.74, 6) is 0. The highest BCUT2D eigenvalue weighted by molar-refractivity contribution is 7.92. The maximum Gasteiger partial charge on any atom is 0.501 e. The highest BCUT2D eigenvalue weighted by atomic mass is 32.2. The van der Waals surface area contributed by atoms with Crippen LogP contribution in [0.2, 0.25) is 0 Å². The monoisotopic (exact) mass is 309 g/mol. The smallest absolute Gasteiger partial charge is 0.395 e. The van der Waals surface area contributed by atoms with E-state index in [1.807, 2.05) is 0 Å². The molecule has 0 atom stereocenters. The van der Waals surface area contributed by atoms with Gasteiger partial charge in [0.05, 0.1) is 17.2 Å². The Morgan fingerprint density at radius 3 is 2.35 bits per heavy atom. The summed E-state index contributed by atoms with van der Waals surface area (Å²) in [6, 6.07) is 5.02. The highest BCUT2D eigenvalue weighted by Crippen LogP contribution is 2.39. The van der Waals surface area contributed by atoms with Crippen LogP contribution < -0.4 is 4.90 Å². The van der Waals surface area contributed by atoms with Crippen LogP contribution >= 0.6 is 0 Å². The maximum atomic E-state index is 12.7. The lowest BCUT2D eigenvalue weighted by Gasteiger charge is -2.26. The van der Waals surface area contributed by atoms with E-state index in [0.717, 1.165) is 18.9 Å². The van der Waals surface area contributed by atoms with Crippen LogP contribution in [0.4, 0.5) is 18.9 Å². The fraction of sp³-hybridized carbons (Fsp3) is 0.500. The summed E-state index contributed by atoms with van der Waals surface area (Å²) in [6.45, 7) is -0.147. The van der Waals surface area contributed by atoms with E-state index in [-0.39, 0.29) is 24.9 Å². The SMILES string of the molecule is O=S(=O)(c1ccccc1N(CCO)C1CC1)C(F)(F)F. The average Bonchev–Trinajstić information content (AvgIpc) is 3.19. The van der Waals surface area contributed by atoms with E-state index < -0.39 is 20.2 Å². The summed E-state index contributed by atoms with van der Waals surface area (Å²) in [6.07, 6.45) is 1.56. The molecule has 1 aliphatic carbocycles. The van der Waals surface area contributed by atoms with Crippen molar-refractivity contribution in [3.63, 3.8) is 0 Å². The van der Waals surface area contributed by atoms with Crippen LogP contribution in [0.3, 0.4) is 0 Å². The Morgan fingerprint density at radius 2 is 1.85 bits per heavy atom. The molecule has 1 aliphatic rings. The van der Waals surface area contributed by atoms with E-state index in [1.54, 1.807) is 0 Å². The van der Waals surface area contributed by atoms with Gasteiger partial charge in [0.1, 0.15) is 0 Å². The number of para-hydroxylation sites is 1. The minimum absolute atomic E-state index is 0.00127. The van der Waals surface area contributed by atoms with Gasteiger partial charge in [-0.25, -0.2) is 8.42 Å². The molecule has 2 rings (SSSR count). The Morgan fingerprint density at radius 1 is 1.25 bits per heavy atom.